The number of nitrogens with one attached hydrogen (secondary N) is 1. The number of rotatable bonds is 3. The summed E-state index contributed by atoms with van der Waals surface area (Å²) in [7, 11) is -3.25. The average molecular weight is 133 g/mol. The van der Waals surface area contributed by atoms with Gasteiger partial charge in [0.05, 0.1) is 5.75 Å². The van der Waals surface area contributed by atoms with Crippen molar-refractivity contribution >= 4 is 15.4 Å². The number of hydrogen-bond donors (Lipinski definition) is 1. The van der Waals surface area contributed by atoms with Crippen molar-refractivity contribution in [3.63, 3.8) is 0 Å². The lowest BCUT2D eigenvalue weighted by molar-refractivity contribution is 0.610. The zero-order chi connectivity index (χ0) is 6.62. The van der Waals surface area contributed by atoms with Crippen molar-refractivity contribution in [2.75, 3.05) is 5.75 Å². The molecule has 0 atom stereocenters. The highest BCUT2D eigenvalue weighted by Gasteiger charge is 1.99. The third kappa shape index (κ3) is 2.52. The maximum Gasteiger partial charge on any atom is 0.191 e. The van der Waals surface area contributed by atoms with Gasteiger partial charge in [0.15, 0.2) is 9.84 Å². The van der Waals surface area contributed by atoms with Crippen LogP contribution in [-0.4, -0.2) is 19.7 Å². The molecule has 0 saturated carbocycles. The molecule has 0 spiro atoms. The topological polar surface area (TPSA) is 58.0 Å². The van der Waals surface area contributed by atoms with Crippen LogP contribution in [0, 0.1) is 5.41 Å². The van der Waals surface area contributed by atoms with Gasteiger partial charge < -0.3 is 0 Å². The van der Waals surface area contributed by atoms with E-state index in [9.17, 15) is 8.42 Å². The maximum absolute atomic E-state index is 10.3. The third-order valence-electron chi connectivity index (χ3n) is 0.530. The van der Waals surface area contributed by atoms with Gasteiger partial charge in [0.2, 0.25) is 0 Å². The van der Waals surface area contributed by atoms with Crippen LogP contribution in [-0.2, 0) is 9.84 Å². The molecular formula is C4H7NO2S. The van der Waals surface area contributed by atoms with Crippen molar-refractivity contribution in [2.45, 2.75) is 0 Å². The molecule has 0 rings (SSSR count). The minimum Gasteiger partial charge on any atom is -0.297 e. The third-order valence-corrected chi connectivity index (χ3v) is 1.59. The van der Waals surface area contributed by atoms with Gasteiger partial charge in [-0.15, -0.1) is 6.58 Å². The van der Waals surface area contributed by atoms with Crippen molar-refractivity contribution < 1.29 is 8.42 Å². The summed E-state index contributed by atoms with van der Waals surface area (Å²) in [5.41, 5.74) is 0.425. The highest BCUT2D eigenvalue weighted by atomic mass is 32.2. The second-order valence-electron chi connectivity index (χ2n) is 1.24. The summed E-state index contributed by atoms with van der Waals surface area (Å²) >= 11 is 0. The van der Waals surface area contributed by atoms with Crippen molar-refractivity contribution in [2.24, 2.45) is 0 Å². The summed E-state index contributed by atoms with van der Waals surface area (Å²) < 4.78 is 20.6. The van der Waals surface area contributed by atoms with Crippen LogP contribution in [0.15, 0.2) is 12.7 Å². The Balaban J connectivity index is 4.15. The lowest BCUT2D eigenvalue weighted by atomic mass is 10.8. The van der Waals surface area contributed by atoms with Crippen molar-refractivity contribution in [1.82, 2.24) is 0 Å². The van der Waals surface area contributed by atoms with Gasteiger partial charge in [-0.2, -0.15) is 0 Å². The van der Waals surface area contributed by atoms with E-state index in [4.69, 9.17) is 5.41 Å². The summed E-state index contributed by atoms with van der Waals surface area (Å²) in [4.78, 5) is 0. The summed E-state index contributed by atoms with van der Waals surface area (Å²) in [6, 6.07) is 0. The van der Waals surface area contributed by atoms with Gasteiger partial charge in [-0.3, -0.25) is 5.41 Å². The number of hydrogen-bond acceptors (Lipinski definition) is 3. The highest BCUT2D eigenvalue weighted by molar-refractivity contribution is 8.04. The Morgan fingerprint density at radius 2 is 2.12 bits per heavy atom. The van der Waals surface area contributed by atoms with Crippen LogP contribution in [0.4, 0.5) is 0 Å². The van der Waals surface area contributed by atoms with E-state index in [0.29, 0.717) is 5.55 Å². The second-order valence-corrected chi connectivity index (χ2v) is 3.13. The van der Waals surface area contributed by atoms with E-state index in [0.717, 1.165) is 0 Å². The van der Waals surface area contributed by atoms with Crippen LogP contribution in [0.2, 0.25) is 0 Å². The molecule has 1 N–H and O–H groups in total. The van der Waals surface area contributed by atoms with Gasteiger partial charge in [0.1, 0.15) is 5.55 Å². The van der Waals surface area contributed by atoms with E-state index in [1.54, 1.807) is 0 Å². The molecule has 0 radical (unpaired) electrons. The molecule has 0 heterocycles. The standard InChI is InChI=1S/C4H7NO2S/c1-2-3-8(6,7)4-5/h2,4-5H,1,3H2. The zero-order valence-electron chi connectivity index (χ0n) is 4.29. The summed E-state index contributed by atoms with van der Waals surface area (Å²) in [6.07, 6.45) is 1.25. The van der Waals surface area contributed by atoms with Crippen LogP contribution >= 0.6 is 0 Å². The average Bonchev–Trinajstić information content (AvgIpc) is 1.67. The van der Waals surface area contributed by atoms with Crippen molar-refractivity contribution in [1.29, 1.82) is 5.41 Å². The predicted octanol–water partition coefficient (Wildman–Crippen LogP) is 0.194. The van der Waals surface area contributed by atoms with E-state index < -0.39 is 9.84 Å². The Morgan fingerprint density at radius 3 is 2.25 bits per heavy atom. The molecule has 0 unspecified atom stereocenters. The lowest BCUT2D eigenvalue weighted by Gasteiger charge is -1.84. The largest absolute Gasteiger partial charge is 0.297 e. The molecule has 0 fully saturated rings. The van der Waals surface area contributed by atoms with Gasteiger partial charge in [-0.1, -0.05) is 6.08 Å². The normalized spacial score (nSPS) is 10.5. The molecular weight excluding hydrogens is 126 g/mol. The lowest BCUT2D eigenvalue weighted by Crippen LogP contribution is -2.02. The fourth-order valence-corrected chi connectivity index (χ4v) is 0.637. The first-order valence-corrected chi connectivity index (χ1v) is 3.68. The molecule has 4 heteroatoms. The quantitative estimate of drug-likeness (QED) is 0.339. The van der Waals surface area contributed by atoms with E-state index in [1.807, 2.05) is 0 Å². The molecule has 3 nitrogen and oxygen atoms in total. The van der Waals surface area contributed by atoms with Crippen LogP contribution in [0.3, 0.4) is 0 Å². The molecule has 0 bridgehead atoms. The Bertz CT molecular complexity index is 180. The summed E-state index contributed by atoms with van der Waals surface area (Å²) in [5, 5.41) is 6.35. The van der Waals surface area contributed by atoms with E-state index in [2.05, 4.69) is 6.58 Å². The van der Waals surface area contributed by atoms with Gasteiger partial charge >= 0.3 is 0 Å². The highest BCUT2D eigenvalue weighted by Crippen LogP contribution is 1.81. The number of sulfone groups is 1. The van der Waals surface area contributed by atoms with Gasteiger partial charge in [0, 0.05) is 0 Å². The minimum absolute atomic E-state index is 0.142. The first-order valence-electron chi connectivity index (χ1n) is 1.96. The first-order chi connectivity index (χ1) is 3.62. The van der Waals surface area contributed by atoms with Crippen molar-refractivity contribution in [3.05, 3.63) is 12.7 Å². The molecule has 0 aliphatic heterocycles. The van der Waals surface area contributed by atoms with Crippen molar-refractivity contribution in [3.8, 4) is 0 Å². The molecule has 8 heavy (non-hydrogen) atoms. The Hall–Kier alpha value is -0.640. The van der Waals surface area contributed by atoms with Crippen LogP contribution in [0.25, 0.3) is 0 Å². The van der Waals surface area contributed by atoms with E-state index in [-0.39, 0.29) is 5.75 Å². The van der Waals surface area contributed by atoms with Gasteiger partial charge in [-0.05, 0) is 0 Å². The van der Waals surface area contributed by atoms with E-state index >= 15 is 0 Å². The van der Waals surface area contributed by atoms with E-state index in [1.165, 1.54) is 6.08 Å². The molecule has 0 aliphatic carbocycles. The molecule has 46 valence electrons. The van der Waals surface area contributed by atoms with Gasteiger partial charge in [-0.25, -0.2) is 8.42 Å². The molecule has 0 aromatic rings. The maximum atomic E-state index is 10.3. The zero-order valence-corrected chi connectivity index (χ0v) is 5.11. The predicted molar refractivity (Wildman–Crippen MR) is 32.8 cm³/mol. The Morgan fingerprint density at radius 1 is 1.62 bits per heavy atom. The molecule has 0 amide bonds. The molecule has 0 aromatic carbocycles. The molecule has 0 saturated heterocycles. The molecule has 0 aliphatic rings. The van der Waals surface area contributed by atoms with Gasteiger partial charge in [0.25, 0.3) is 0 Å². The second kappa shape index (κ2) is 2.61. The van der Waals surface area contributed by atoms with Crippen LogP contribution in [0.1, 0.15) is 0 Å². The summed E-state index contributed by atoms with van der Waals surface area (Å²) in [6.45, 7) is 3.21. The fraction of sp³-hybridized carbons (Fsp3) is 0.250. The first kappa shape index (κ1) is 7.36. The summed E-state index contributed by atoms with van der Waals surface area (Å²) in [5.74, 6) is -0.142. The monoisotopic (exact) mass is 133 g/mol. The minimum atomic E-state index is -3.25. The SMILES string of the molecule is C=CCS(=O)(=O)C=N. The Kier molecular flexibility index (Phi) is 2.41. The fourth-order valence-electron chi connectivity index (χ4n) is 0.212. The Labute approximate surface area is 48.5 Å². The molecule has 0 aromatic heterocycles. The smallest absolute Gasteiger partial charge is 0.191 e. The van der Waals surface area contributed by atoms with Crippen LogP contribution < -0.4 is 0 Å². The van der Waals surface area contributed by atoms with Crippen LogP contribution in [0.5, 0.6) is 0 Å².